The molecule has 0 bridgehead atoms. The molecule has 0 fully saturated rings. The molecule has 0 spiro atoms. The third kappa shape index (κ3) is 4.37. The number of benzene rings is 3. The summed E-state index contributed by atoms with van der Waals surface area (Å²) in [5.41, 5.74) is 7.55. The van der Waals surface area contributed by atoms with Crippen molar-refractivity contribution in [2.45, 2.75) is 76.9 Å². The SMILES string of the molecule is CC1=C(C)C(C)[C]([Ti]([CH3])([CH3])([CH3])[Si](c2ccccc2)(c2cc(C)cc([Si](C)(C)C)c2)c2ccccc2C)=C1C. The van der Waals surface area contributed by atoms with Gasteiger partial charge in [0.2, 0.25) is 0 Å². The number of rotatable bonds is 6. The second-order valence-electron chi connectivity index (χ2n) is 14.5. The van der Waals surface area contributed by atoms with E-state index in [4.69, 9.17) is 0 Å². The van der Waals surface area contributed by atoms with Crippen molar-refractivity contribution < 1.29 is 14.6 Å². The van der Waals surface area contributed by atoms with E-state index in [0.29, 0.717) is 5.92 Å². The van der Waals surface area contributed by atoms with Gasteiger partial charge in [-0.3, -0.25) is 0 Å². The third-order valence-electron chi connectivity index (χ3n) is 10.0. The molecule has 0 saturated carbocycles. The zero-order valence-electron chi connectivity index (χ0n) is 26.0. The Morgan fingerprint density at radius 1 is 0.632 bits per heavy atom. The fraction of sp³-hybridized carbons (Fsp3) is 0.371. The van der Waals surface area contributed by atoms with Crippen LogP contribution in [-0.2, 0) is 14.6 Å². The number of hydrogen-bond acceptors (Lipinski definition) is 0. The molecule has 38 heavy (non-hydrogen) atoms. The molecule has 3 heteroatoms. The Morgan fingerprint density at radius 2 is 1.18 bits per heavy atom. The van der Waals surface area contributed by atoms with Crippen molar-refractivity contribution >= 4 is 34.8 Å². The fourth-order valence-corrected chi connectivity index (χ4v) is 41.6. The number of allylic oxidation sites excluding steroid dienone is 4. The van der Waals surface area contributed by atoms with E-state index < -0.39 is 28.6 Å². The second-order valence-corrected chi connectivity index (χ2v) is 44.1. The molecule has 2 atom stereocenters. The van der Waals surface area contributed by atoms with Gasteiger partial charge in [-0.15, -0.1) is 0 Å². The van der Waals surface area contributed by atoms with E-state index in [9.17, 15) is 0 Å². The van der Waals surface area contributed by atoms with Crippen LogP contribution >= 0.6 is 0 Å². The van der Waals surface area contributed by atoms with E-state index in [1.165, 1.54) is 16.7 Å². The average molecular weight is 574 g/mol. The molecule has 1 aliphatic rings. The normalized spacial score (nSPS) is 19.4. The van der Waals surface area contributed by atoms with Gasteiger partial charge in [-0.1, -0.05) is 0 Å². The Balaban J connectivity index is 2.31. The molecule has 1 aliphatic carbocycles. The van der Waals surface area contributed by atoms with Gasteiger partial charge in [0.1, 0.15) is 0 Å². The van der Waals surface area contributed by atoms with Gasteiger partial charge in [-0.05, 0) is 0 Å². The zero-order valence-corrected chi connectivity index (χ0v) is 29.6. The van der Waals surface area contributed by atoms with Gasteiger partial charge in [-0.2, -0.15) is 0 Å². The predicted octanol–water partition coefficient (Wildman–Crippen LogP) is 7.91. The van der Waals surface area contributed by atoms with Crippen LogP contribution in [0.2, 0.25) is 35.3 Å². The summed E-state index contributed by atoms with van der Waals surface area (Å²) < 4.78 is 1.81. The monoisotopic (exact) mass is 573 g/mol. The average Bonchev–Trinajstić information content (AvgIpc) is 3.03. The molecule has 0 amide bonds. The van der Waals surface area contributed by atoms with E-state index >= 15 is 0 Å². The predicted molar refractivity (Wildman–Crippen MR) is 174 cm³/mol. The maximum absolute atomic E-state index is 3.63. The van der Waals surface area contributed by atoms with E-state index in [2.05, 4.69) is 150 Å². The summed E-state index contributed by atoms with van der Waals surface area (Å²) in [4.78, 5) is 0. The Morgan fingerprint density at radius 3 is 1.71 bits per heavy atom. The van der Waals surface area contributed by atoms with Crippen LogP contribution in [0, 0.1) is 19.8 Å². The summed E-state index contributed by atoms with van der Waals surface area (Å²) in [7, 11) is -1.53. The molecule has 0 N–H and O–H groups in total. The van der Waals surface area contributed by atoms with Crippen LogP contribution in [0.5, 0.6) is 0 Å². The molecule has 201 valence electrons. The zero-order chi connectivity index (χ0) is 28.3. The van der Waals surface area contributed by atoms with Gasteiger partial charge in [-0.25, -0.2) is 0 Å². The summed E-state index contributed by atoms with van der Waals surface area (Å²) in [5.74, 6) is -2.03. The van der Waals surface area contributed by atoms with Crippen molar-refractivity contribution in [2.75, 3.05) is 0 Å². The van der Waals surface area contributed by atoms with Gasteiger partial charge in [0, 0.05) is 0 Å². The van der Waals surface area contributed by atoms with Crippen molar-refractivity contribution in [3.8, 4) is 0 Å². The standard InChI is InChI=1S/C23H27Si2.C9H13.3CH3.Ti/c1-18-15-21(17-22(16-18)25(3,4)5)24(20-12-7-6-8-13-20)23-14-10-9-11-19(23)2;1-6-5-7(2)9(4)8(6)3;;;;/h6-17H,1-5H3;6H,1-4H3;3*1H3;. The Bertz CT molecular complexity index is 1440. The van der Waals surface area contributed by atoms with E-state index in [1.54, 1.807) is 31.9 Å². The Kier molecular flexibility index (Phi) is 7.50. The third-order valence-corrected chi connectivity index (χ3v) is 40.0. The van der Waals surface area contributed by atoms with Gasteiger partial charge < -0.3 is 0 Å². The first-order chi connectivity index (χ1) is 17.5. The van der Waals surface area contributed by atoms with Crippen molar-refractivity contribution in [3.05, 3.63) is 105 Å². The van der Waals surface area contributed by atoms with Crippen LogP contribution in [-0.4, -0.2) is 14.0 Å². The van der Waals surface area contributed by atoms with Gasteiger partial charge in [0.15, 0.2) is 0 Å². The van der Waals surface area contributed by atoms with Crippen LogP contribution < -0.4 is 20.7 Å². The van der Waals surface area contributed by atoms with E-state index in [-0.39, 0.29) is 0 Å². The van der Waals surface area contributed by atoms with Crippen LogP contribution in [0.4, 0.5) is 0 Å². The van der Waals surface area contributed by atoms with Crippen molar-refractivity contribution in [1.29, 1.82) is 0 Å². The first kappa shape index (κ1) is 29.3. The van der Waals surface area contributed by atoms with Crippen LogP contribution in [0.1, 0.15) is 38.8 Å². The van der Waals surface area contributed by atoms with E-state index in [0.717, 1.165) is 0 Å². The van der Waals surface area contributed by atoms with Gasteiger partial charge in [0.25, 0.3) is 0 Å². The minimum atomic E-state index is -3.63. The molecular weight excluding hydrogens is 524 g/mol. The van der Waals surface area contributed by atoms with E-state index in [1.807, 2.05) is 3.88 Å². The molecule has 0 saturated heterocycles. The van der Waals surface area contributed by atoms with Crippen LogP contribution in [0.15, 0.2) is 93.4 Å². The molecule has 0 aromatic heterocycles. The first-order valence-corrected chi connectivity index (χ1v) is 27.7. The topological polar surface area (TPSA) is 0 Å². The van der Waals surface area contributed by atoms with Crippen molar-refractivity contribution in [1.82, 2.24) is 0 Å². The molecular formula is C35H49Si2Ti. The summed E-state index contributed by atoms with van der Waals surface area (Å²) in [6.07, 6.45) is 0. The van der Waals surface area contributed by atoms with Gasteiger partial charge >= 0.3 is 237 Å². The summed E-state index contributed by atoms with van der Waals surface area (Å²) in [5, 5.41) is 14.8. The summed E-state index contributed by atoms with van der Waals surface area (Å²) >= 11 is -3.63. The minimum absolute atomic E-state index is 0.507. The quantitative estimate of drug-likeness (QED) is 0.208. The molecule has 4 rings (SSSR count). The molecule has 0 aliphatic heterocycles. The fourth-order valence-electron chi connectivity index (χ4n) is 8.05. The number of aryl methyl sites for hydroxylation is 2. The van der Waals surface area contributed by atoms with Crippen LogP contribution in [0.3, 0.4) is 0 Å². The molecule has 0 heterocycles. The van der Waals surface area contributed by atoms with Gasteiger partial charge in [0.05, 0.1) is 0 Å². The molecule has 3 aromatic carbocycles. The summed E-state index contributed by atoms with van der Waals surface area (Å²) in [6, 6.07) is 28.9. The van der Waals surface area contributed by atoms with Crippen molar-refractivity contribution in [2.24, 2.45) is 5.92 Å². The second kappa shape index (κ2) is 9.73. The number of hydrogen-bond donors (Lipinski definition) is 0. The molecule has 0 radical (unpaired) electrons. The molecule has 0 nitrogen and oxygen atoms in total. The summed E-state index contributed by atoms with van der Waals surface area (Å²) in [6.45, 7) is 21.9. The Labute approximate surface area is 235 Å². The first-order valence-electron chi connectivity index (χ1n) is 14.4. The van der Waals surface area contributed by atoms with Crippen molar-refractivity contribution in [3.63, 3.8) is 0 Å². The molecule has 2 unspecified atom stereocenters. The Hall–Kier alpha value is -1.71. The van der Waals surface area contributed by atoms with Crippen LogP contribution in [0.25, 0.3) is 0 Å². The maximum atomic E-state index is 2.79. The molecule has 3 aromatic rings.